The molecule has 26 heavy (non-hydrogen) atoms. The van der Waals surface area contributed by atoms with Crippen LogP contribution in [0.5, 0.6) is 0 Å². The van der Waals surface area contributed by atoms with E-state index in [1.54, 1.807) is 7.05 Å². The molecule has 0 radical (unpaired) electrons. The summed E-state index contributed by atoms with van der Waals surface area (Å²) in [7, 11) is -1.60. The van der Waals surface area contributed by atoms with Gasteiger partial charge in [0, 0.05) is 25.2 Å². The summed E-state index contributed by atoms with van der Waals surface area (Å²) in [5.74, 6) is 1.09. The van der Waals surface area contributed by atoms with Gasteiger partial charge in [0.05, 0.1) is 11.8 Å². The van der Waals surface area contributed by atoms with E-state index in [-0.39, 0.29) is 35.8 Å². The number of benzene rings is 1. The van der Waals surface area contributed by atoms with Gasteiger partial charge in [0.15, 0.2) is 5.96 Å². The molecule has 148 valence electrons. The second kappa shape index (κ2) is 11.3. The topological polar surface area (TPSA) is 82.6 Å². The van der Waals surface area contributed by atoms with Gasteiger partial charge in [-0.05, 0) is 43.4 Å². The number of nitrogens with zero attached hydrogens (tertiary/aromatic N) is 1. The smallest absolute Gasteiger partial charge is 0.213 e. The molecule has 6 nitrogen and oxygen atoms in total. The minimum absolute atomic E-state index is 0. The summed E-state index contributed by atoms with van der Waals surface area (Å²) in [6.07, 6.45) is 3.46. The van der Waals surface area contributed by atoms with Gasteiger partial charge in [-0.15, -0.1) is 24.0 Å². The third kappa shape index (κ3) is 7.98. The van der Waals surface area contributed by atoms with Gasteiger partial charge in [-0.25, -0.2) is 13.1 Å². The highest BCUT2D eigenvalue weighted by Crippen LogP contribution is 2.25. The lowest BCUT2D eigenvalue weighted by Crippen LogP contribution is -2.42. The molecule has 3 N–H and O–H groups in total. The highest BCUT2D eigenvalue weighted by Gasteiger charge is 2.20. The lowest BCUT2D eigenvalue weighted by molar-refractivity contribution is 0.316. The van der Waals surface area contributed by atoms with Crippen molar-refractivity contribution in [2.24, 2.45) is 10.9 Å². The Kier molecular flexibility index (Phi) is 10.2. The fraction of sp³-hybridized carbons (Fsp3) is 0.588. The summed E-state index contributed by atoms with van der Waals surface area (Å²) in [5, 5.41) is 6.95. The number of nitrogens with one attached hydrogen (secondary N) is 3. The molecule has 0 aromatic heterocycles. The number of halogens is 2. The largest absolute Gasteiger partial charge is 0.355 e. The molecule has 0 bridgehead atoms. The zero-order valence-electron chi connectivity index (χ0n) is 15.2. The minimum Gasteiger partial charge on any atom is -0.355 e. The van der Waals surface area contributed by atoms with Crippen LogP contribution in [0.1, 0.15) is 37.8 Å². The van der Waals surface area contributed by atoms with Gasteiger partial charge >= 0.3 is 0 Å². The summed E-state index contributed by atoms with van der Waals surface area (Å²) in [5.41, 5.74) is 1.03. The number of hydrogen-bond acceptors (Lipinski definition) is 3. The highest BCUT2D eigenvalue weighted by molar-refractivity contribution is 14.0. The third-order valence-corrected chi connectivity index (χ3v) is 5.99. The summed E-state index contributed by atoms with van der Waals surface area (Å²) in [6, 6.07) is 7.59. The fourth-order valence-corrected chi connectivity index (χ4v) is 3.78. The van der Waals surface area contributed by atoms with Gasteiger partial charge in [0.1, 0.15) is 0 Å². The van der Waals surface area contributed by atoms with Gasteiger partial charge in [0.2, 0.25) is 10.0 Å². The van der Waals surface area contributed by atoms with Gasteiger partial charge in [-0.2, -0.15) is 0 Å². The first-order valence-electron chi connectivity index (χ1n) is 8.59. The minimum atomic E-state index is -3.26. The first-order valence-corrected chi connectivity index (χ1v) is 10.6. The second-order valence-electron chi connectivity index (χ2n) is 6.38. The van der Waals surface area contributed by atoms with Crippen molar-refractivity contribution in [1.82, 2.24) is 15.4 Å². The van der Waals surface area contributed by atoms with Crippen LogP contribution in [0.2, 0.25) is 5.02 Å². The summed E-state index contributed by atoms with van der Waals surface area (Å²) in [4.78, 5) is 4.14. The Morgan fingerprint density at radius 2 is 2.12 bits per heavy atom. The predicted molar refractivity (Wildman–Crippen MR) is 119 cm³/mol. The molecule has 1 unspecified atom stereocenters. The third-order valence-electron chi connectivity index (χ3n) is 4.41. The lowest BCUT2D eigenvalue weighted by atomic mass is 9.86. The van der Waals surface area contributed by atoms with E-state index >= 15 is 0 Å². The molecule has 1 aliphatic rings. The first kappa shape index (κ1) is 23.5. The van der Waals surface area contributed by atoms with E-state index in [1.165, 1.54) is 6.42 Å². The molecule has 0 amide bonds. The SMILES string of the molecule is CN=C(NCCS(=O)(=O)NCC1CCC1)NC(C)c1cccc(Cl)c1.I. The van der Waals surface area contributed by atoms with Crippen LogP contribution in [0.25, 0.3) is 0 Å². The maximum atomic E-state index is 12.0. The summed E-state index contributed by atoms with van der Waals surface area (Å²) < 4.78 is 26.7. The molecule has 1 fully saturated rings. The summed E-state index contributed by atoms with van der Waals surface area (Å²) in [6.45, 7) is 2.85. The molecular formula is C17H28ClIN4O2S. The maximum Gasteiger partial charge on any atom is 0.213 e. The average molecular weight is 515 g/mol. The quantitative estimate of drug-likeness (QED) is 0.283. The summed E-state index contributed by atoms with van der Waals surface area (Å²) >= 11 is 6.01. The van der Waals surface area contributed by atoms with E-state index in [2.05, 4.69) is 20.3 Å². The van der Waals surface area contributed by atoms with E-state index in [0.29, 0.717) is 30.0 Å². The van der Waals surface area contributed by atoms with Crippen molar-refractivity contribution < 1.29 is 8.42 Å². The predicted octanol–water partition coefficient (Wildman–Crippen LogP) is 2.90. The number of hydrogen-bond donors (Lipinski definition) is 3. The van der Waals surface area contributed by atoms with Gasteiger partial charge < -0.3 is 10.6 Å². The lowest BCUT2D eigenvalue weighted by Gasteiger charge is -2.25. The molecule has 0 heterocycles. The van der Waals surface area contributed by atoms with Crippen LogP contribution in [0, 0.1) is 5.92 Å². The van der Waals surface area contributed by atoms with Crippen molar-refractivity contribution in [2.75, 3.05) is 25.9 Å². The molecule has 9 heteroatoms. The van der Waals surface area contributed by atoms with Gasteiger partial charge in [-0.3, -0.25) is 4.99 Å². The molecule has 1 saturated carbocycles. The Bertz CT molecular complexity index is 696. The Morgan fingerprint density at radius 3 is 2.69 bits per heavy atom. The van der Waals surface area contributed by atoms with Crippen LogP contribution in [-0.2, 0) is 10.0 Å². The van der Waals surface area contributed by atoms with Gasteiger partial charge in [-0.1, -0.05) is 30.2 Å². The van der Waals surface area contributed by atoms with Crippen LogP contribution in [0.15, 0.2) is 29.3 Å². The van der Waals surface area contributed by atoms with E-state index < -0.39 is 10.0 Å². The molecule has 1 aromatic carbocycles. The van der Waals surface area contributed by atoms with Crippen molar-refractivity contribution >= 4 is 51.6 Å². The first-order chi connectivity index (χ1) is 11.9. The molecule has 2 rings (SSSR count). The van der Waals surface area contributed by atoms with Crippen LogP contribution in [0.3, 0.4) is 0 Å². The normalized spacial score (nSPS) is 16.3. The van der Waals surface area contributed by atoms with E-state index in [1.807, 2.05) is 31.2 Å². The van der Waals surface area contributed by atoms with E-state index in [4.69, 9.17) is 11.6 Å². The fourth-order valence-electron chi connectivity index (χ4n) is 2.58. The standard InChI is InChI=1S/C17H27ClN4O2S.HI/c1-13(15-7-4-8-16(18)11-15)22-17(19-2)20-9-10-25(23,24)21-12-14-5-3-6-14;/h4,7-8,11,13-14,21H,3,5-6,9-10,12H2,1-2H3,(H2,19,20,22);1H. The van der Waals surface area contributed by atoms with Crippen molar-refractivity contribution in [3.63, 3.8) is 0 Å². The highest BCUT2D eigenvalue weighted by atomic mass is 127. The Balaban J connectivity index is 0.00000338. The van der Waals surface area contributed by atoms with Crippen molar-refractivity contribution in [1.29, 1.82) is 0 Å². The molecule has 0 spiro atoms. The van der Waals surface area contributed by atoms with Crippen LogP contribution < -0.4 is 15.4 Å². The van der Waals surface area contributed by atoms with Crippen molar-refractivity contribution in [2.45, 2.75) is 32.2 Å². The molecule has 1 aliphatic carbocycles. The number of aliphatic imine (C=N–C) groups is 1. The van der Waals surface area contributed by atoms with Gasteiger partial charge in [0.25, 0.3) is 0 Å². The van der Waals surface area contributed by atoms with Crippen LogP contribution in [0.4, 0.5) is 0 Å². The van der Waals surface area contributed by atoms with Crippen molar-refractivity contribution in [3.05, 3.63) is 34.9 Å². The number of sulfonamides is 1. The molecular weight excluding hydrogens is 487 g/mol. The molecule has 0 saturated heterocycles. The second-order valence-corrected chi connectivity index (χ2v) is 8.75. The van der Waals surface area contributed by atoms with E-state index in [0.717, 1.165) is 18.4 Å². The Hall–Kier alpha value is -0.580. The number of rotatable bonds is 8. The van der Waals surface area contributed by atoms with Crippen molar-refractivity contribution in [3.8, 4) is 0 Å². The molecule has 1 aromatic rings. The Labute approximate surface area is 178 Å². The zero-order chi connectivity index (χ0) is 18.3. The number of guanidine groups is 1. The molecule has 0 aliphatic heterocycles. The monoisotopic (exact) mass is 514 g/mol. The van der Waals surface area contributed by atoms with E-state index in [9.17, 15) is 8.42 Å². The zero-order valence-corrected chi connectivity index (χ0v) is 19.1. The molecule has 1 atom stereocenters. The van der Waals surface area contributed by atoms with Crippen LogP contribution >= 0.6 is 35.6 Å². The Morgan fingerprint density at radius 1 is 1.38 bits per heavy atom. The van der Waals surface area contributed by atoms with Crippen LogP contribution in [-0.4, -0.2) is 40.3 Å². The average Bonchev–Trinajstić information content (AvgIpc) is 2.52. The maximum absolute atomic E-state index is 12.0.